The van der Waals surface area contributed by atoms with E-state index in [1.54, 1.807) is 0 Å². The third-order valence-electron chi connectivity index (χ3n) is 3.91. The van der Waals surface area contributed by atoms with Crippen LogP contribution in [0, 0.1) is 17.2 Å². The molecule has 0 bridgehead atoms. The summed E-state index contributed by atoms with van der Waals surface area (Å²) in [6, 6.07) is 2.08. The molecule has 0 saturated carbocycles. The van der Waals surface area contributed by atoms with E-state index in [1.165, 1.54) is 19.3 Å². The predicted molar refractivity (Wildman–Crippen MR) is 98.5 cm³/mol. The van der Waals surface area contributed by atoms with E-state index in [4.69, 9.17) is 5.26 Å². The van der Waals surface area contributed by atoms with Gasteiger partial charge in [-0.2, -0.15) is 17.9 Å². The van der Waals surface area contributed by atoms with Gasteiger partial charge in [0.25, 0.3) is 0 Å². The molecule has 0 fully saturated rings. The average Bonchev–Trinajstić information content (AvgIpc) is 2.55. The van der Waals surface area contributed by atoms with Gasteiger partial charge in [0, 0.05) is 19.3 Å². The maximum absolute atomic E-state index is 11.8. The van der Waals surface area contributed by atoms with Crippen LogP contribution < -0.4 is 0 Å². The van der Waals surface area contributed by atoms with E-state index >= 15 is 0 Å². The Morgan fingerprint density at radius 1 is 1.17 bits per heavy atom. The summed E-state index contributed by atoms with van der Waals surface area (Å²) in [7, 11) is 0. The monoisotopic (exact) mass is 337 g/mol. The first-order chi connectivity index (χ1) is 11.1. The highest BCUT2D eigenvalue weighted by Crippen LogP contribution is 2.16. The van der Waals surface area contributed by atoms with Crippen molar-refractivity contribution in [2.45, 2.75) is 82.8 Å². The summed E-state index contributed by atoms with van der Waals surface area (Å²) in [5.41, 5.74) is 0. The van der Waals surface area contributed by atoms with E-state index < -0.39 is 0 Å². The molecule has 0 aromatic carbocycles. The quantitative estimate of drug-likeness (QED) is 0.197. The minimum Gasteiger partial charge on any atom is -0.303 e. The van der Waals surface area contributed by atoms with Crippen LogP contribution >= 0.6 is 12.6 Å². The Morgan fingerprint density at radius 2 is 1.91 bits per heavy atom. The molecule has 0 N–H and O–H groups in total. The van der Waals surface area contributed by atoms with Crippen molar-refractivity contribution in [1.29, 1.82) is 5.26 Å². The van der Waals surface area contributed by atoms with Crippen LogP contribution in [0.2, 0.25) is 0 Å². The van der Waals surface area contributed by atoms with Crippen LogP contribution in [0.15, 0.2) is 12.2 Å². The van der Waals surface area contributed by atoms with E-state index in [2.05, 4.69) is 25.6 Å². The molecule has 0 rings (SSSR count). The molecule has 0 radical (unpaired) electrons. The normalized spacial score (nSPS) is 13.6. The first kappa shape index (κ1) is 21.9. The second-order valence-corrected chi connectivity index (χ2v) is 6.70. The maximum atomic E-state index is 11.8. The summed E-state index contributed by atoms with van der Waals surface area (Å²) in [6.45, 7) is 2.19. The van der Waals surface area contributed by atoms with Gasteiger partial charge < -0.3 is 4.79 Å². The largest absolute Gasteiger partial charge is 0.303 e. The Balaban J connectivity index is 3.89. The third-order valence-corrected chi connectivity index (χ3v) is 4.29. The number of carbonyl (C=O) groups is 2. The number of unbranched alkanes of at least 4 members (excludes halogenated alkanes) is 4. The van der Waals surface area contributed by atoms with Crippen LogP contribution in [0.4, 0.5) is 0 Å². The van der Waals surface area contributed by atoms with Gasteiger partial charge >= 0.3 is 0 Å². The fraction of sp³-hybridized carbons (Fsp3) is 0.737. The molecule has 0 spiro atoms. The molecule has 0 aliphatic heterocycles. The van der Waals surface area contributed by atoms with Gasteiger partial charge in [0.2, 0.25) is 0 Å². The van der Waals surface area contributed by atoms with Gasteiger partial charge in [-0.05, 0) is 25.2 Å². The highest BCUT2D eigenvalue weighted by molar-refractivity contribution is 7.81. The molecule has 4 heteroatoms. The van der Waals surface area contributed by atoms with E-state index in [1.807, 2.05) is 12.2 Å². The van der Waals surface area contributed by atoms with Crippen LogP contribution in [-0.2, 0) is 9.59 Å². The Hall–Kier alpha value is -1.08. The topological polar surface area (TPSA) is 57.9 Å². The highest BCUT2D eigenvalue weighted by Gasteiger charge is 2.05. The fourth-order valence-electron chi connectivity index (χ4n) is 2.47. The highest BCUT2D eigenvalue weighted by atomic mass is 32.1. The zero-order valence-electron chi connectivity index (χ0n) is 14.4. The van der Waals surface area contributed by atoms with Crippen LogP contribution in [0.25, 0.3) is 0 Å². The molecule has 0 amide bonds. The summed E-state index contributed by atoms with van der Waals surface area (Å²) in [5.74, 6) is 0.502. The van der Waals surface area contributed by atoms with Crippen molar-refractivity contribution in [1.82, 2.24) is 0 Å². The number of thiol groups is 1. The van der Waals surface area contributed by atoms with Gasteiger partial charge in [-0.15, -0.1) is 0 Å². The van der Waals surface area contributed by atoms with Crippen molar-refractivity contribution < 1.29 is 9.59 Å². The SMILES string of the molecule is CCCCCCC(C=CCC(=O)CCCCC(S)C#N)CC=O. The lowest BCUT2D eigenvalue weighted by Crippen LogP contribution is -2.00. The predicted octanol–water partition coefficient (Wildman–Crippen LogP) is 5.06. The van der Waals surface area contributed by atoms with Crippen molar-refractivity contribution in [3.63, 3.8) is 0 Å². The standard InChI is InChI=1S/C19H31NO2S/c1-2-3-4-5-9-17(14-15-21)10-8-12-18(22)11-6-7-13-19(23)16-20/h8,10,15,17,19,23H,2-7,9,11-14H2,1H3. The smallest absolute Gasteiger partial charge is 0.136 e. The number of Topliss-reactive ketones (excluding diaryl/α,β-unsaturated/α-hetero) is 1. The second kappa shape index (κ2) is 15.8. The minimum atomic E-state index is -0.221. The lowest BCUT2D eigenvalue weighted by atomic mass is 9.97. The van der Waals surface area contributed by atoms with E-state index in [9.17, 15) is 9.59 Å². The molecule has 2 atom stereocenters. The first-order valence-electron chi connectivity index (χ1n) is 8.83. The number of ketones is 1. The Kier molecular flexibility index (Phi) is 15.1. The molecule has 23 heavy (non-hydrogen) atoms. The van der Waals surface area contributed by atoms with E-state index in [-0.39, 0.29) is 17.0 Å². The van der Waals surface area contributed by atoms with E-state index in [0.29, 0.717) is 19.3 Å². The molecular weight excluding hydrogens is 306 g/mol. The molecule has 0 aliphatic rings. The molecule has 0 aliphatic carbocycles. The maximum Gasteiger partial charge on any atom is 0.136 e. The molecule has 130 valence electrons. The number of rotatable bonds is 15. The lowest BCUT2D eigenvalue weighted by Gasteiger charge is -2.08. The van der Waals surface area contributed by atoms with Crippen molar-refractivity contribution in [3.8, 4) is 6.07 Å². The van der Waals surface area contributed by atoms with Crippen molar-refractivity contribution in [3.05, 3.63) is 12.2 Å². The van der Waals surface area contributed by atoms with Gasteiger partial charge in [0.15, 0.2) is 0 Å². The Bertz CT molecular complexity index is 387. The van der Waals surface area contributed by atoms with Crippen molar-refractivity contribution >= 4 is 24.7 Å². The van der Waals surface area contributed by atoms with Gasteiger partial charge in [-0.3, -0.25) is 4.79 Å². The van der Waals surface area contributed by atoms with Crippen molar-refractivity contribution in [2.24, 2.45) is 5.92 Å². The van der Waals surface area contributed by atoms with Gasteiger partial charge in [-0.25, -0.2) is 0 Å². The Morgan fingerprint density at radius 3 is 2.57 bits per heavy atom. The summed E-state index contributed by atoms with van der Waals surface area (Å²) in [6.07, 6.45) is 14.8. The molecular formula is C19H31NO2S. The first-order valence-corrected chi connectivity index (χ1v) is 9.35. The molecule has 3 nitrogen and oxygen atoms in total. The van der Waals surface area contributed by atoms with E-state index in [0.717, 1.165) is 38.4 Å². The molecule has 2 unspecified atom stereocenters. The number of aldehydes is 1. The van der Waals surface area contributed by atoms with Gasteiger partial charge in [0.1, 0.15) is 12.1 Å². The molecule has 0 heterocycles. The van der Waals surface area contributed by atoms with Crippen molar-refractivity contribution in [2.75, 3.05) is 0 Å². The van der Waals surface area contributed by atoms with Crippen LogP contribution in [0.3, 0.4) is 0 Å². The minimum absolute atomic E-state index is 0.221. The second-order valence-electron chi connectivity index (χ2n) is 6.07. The van der Waals surface area contributed by atoms with Crippen LogP contribution in [0.5, 0.6) is 0 Å². The van der Waals surface area contributed by atoms with Crippen LogP contribution in [0.1, 0.15) is 77.6 Å². The number of nitrogens with zero attached hydrogens (tertiary/aromatic N) is 1. The van der Waals surface area contributed by atoms with Gasteiger partial charge in [0.05, 0.1) is 11.3 Å². The number of nitriles is 1. The third kappa shape index (κ3) is 14.3. The molecule has 0 saturated heterocycles. The Labute approximate surface area is 146 Å². The summed E-state index contributed by atoms with van der Waals surface area (Å²) < 4.78 is 0. The van der Waals surface area contributed by atoms with Crippen LogP contribution in [-0.4, -0.2) is 17.3 Å². The number of hydrogen-bond donors (Lipinski definition) is 1. The summed E-state index contributed by atoms with van der Waals surface area (Å²) in [5, 5.41) is 8.40. The number of hydrogen-bond acceptors (Lipinski definition) is 4. The molecule has 0 aromatic rings. The average molecular weight is 338 g/mol. The summed E-state index contributed by atoms with van der Waals surface area (Å²) >= 11 is 4.11. The fourth-order valence-corrected chi connectivity index (χ4v) is 2.65. The number of allylic oxidation sites excluding steroid dienone is 2. The van der Waals surface area contributed by atoms with Gasteiger partial charge in [-0.1, -0.05) is 51.2 Å². The molecule has 0 aromatic heterocycles. The lowest BCUT2D eigenvalue weighted by molar-refractivity contribution is -0.118. The summed E-state index contributed by atoms with van der Waals surface area (Å²) in [4.78, 5) is 22.5. The zero-order chi connectivity index (χ0) is 17.3. The zero-order valence-corrected chi connectivity index (χ0v) is 15.3. The number of carbonyl (C=O) groups excluding carboxylic acids is 2.